The third-order valence-corrected chi connectivity index (χ3v) is 4.44. The van der Waals surface area contributed by atoms with Crippen LogP contribution in [0.4, 0.5) is 9.18 Å². The van der Waals surface area contributed by atoms with Crippen LogP contribution >= 0.6 is 0 Å². The molecule has 1 aromatic carbocycles. The van der Waals surface area contributed by atoms with E-state index < -0.39 is 23.3 Å². The summed E-state index contributed by atoms with van der Waals surface area (Å²) in [5.41, 5.74) is -0.464. The topological polar surface area (TPSA) is 78.5 Å². The summed E-state index contributed by atoms with van der Waals surface area (Å²) in [7, 11) is 0. The second-order valence-corrected chi connectivity index (χ2v) is 5.98. The Morgan fingerprint density at radius 2 is 1.96 bits per heavy atom. The number of hydrogen-bond acceptors (Lipinski definition) is 3. The molecule has 2 fully saturated rings. The highest BCUT2D eigenvalue weighted by Gasteiger charge is 2.52. The molecule has 1 saturated heterocycles. The molecule has 1 saturated carbocycles. The lowest BCUT2D eigenvalue weighted by atomic mass is 9.98. The average Bonchev–Trinajstić information content (AvgIpc) is 3.08. The SMILES string of the molecule is O=C(CN1C(=O)NC2(CCCC2)C1=O)NCc1ccccc1F. The van der Waals surface area contributed by atoms with Gasteiger partial charge in [-0.1, -0.05) is 31.0 Å². The van der Waals surface area contributed by atoms with Crippen LogP contribution in [0.5, 0.6) is 0 Å². The highest BCUT2D eigenvalue weighted by Crippen LogP contribution is 2.34. The predicted octanol–water partition coefficient (Wildman–Crippen LogP) is 1.31. The van der Waals surface area contributed by atoms with Gasteiger partial charge in [-0.05, 0) is 18.9 Å². The smallest absolute Gasteiger partial charge is 0.325 e. The van der Waals surface area contributed by atoms with Crippen molar-refractivity contribution in [1.29, 1.82) is 0 Å². The lowest BCUT2D eigenvalue weighted by Gasteiger charge is -2.19. The normalized spacial score (nSPS) is 19.3. The highest BCUT2D eigenvalue weighted by molar-refractivity contribution is 6.09. The fraction of sp³-hybridized carbons (Fsp3) is 0.438. The molecule has 1 heterocycles. The van der Waals surface area contributed by atoms with Gasteiger partial charge in [0.1, 0.15) is 17.9 Å². The van der Waals surface area contributed by atoms with Crippen LogP contribution in [0.2, 0.25) is 0 Å². The standard InChI is InChI=1S/C16H18FN3O3/c17-12-6-2-1-5-11(12)9-18-13(21)10-20-14(22)16(19-15(20)23)7-3-4-8-16/h1-2,5-6H,3-4,7-10H2,(H,18,21)(H,19,23). The Hall–Kier alpha value is -2.44. The molecule has 3 rings (SSSR count). The van der Waals surface area contributed by atoms with E-state index in [1.807, 2.05) is 0 Å². The first-order chi connectivity index (χ1) is 11.0. The molecule has 7 heteroatoms. The van der Waals surface area contributed by atoms with Gasteiger partial charge in [0.15, 0.2) is 0 Å². The number of imide groups is 1. The van der Waals surface area contributed by atoms with Crippen molar-refractivity contribution in [2.45, 2.75) is 37.8 Å². The van der Waals surface area contributed by atoms with Crippen molar-refractivity contribution in [2.75, 3.05) is 6.54 Å². The highest BCUT2D eigenvalue weighted by atomic mass is 19.1. The predicted molar refractivity (Wildman–Crippen MR) is 79.7 cm³/mol. The number of carbonyl (C=O) groups is 3. The number of urea groups is 1. The molecule has 1 aromatic rings. The van der Waals surface area contributed by atoms with Gasteiger partial charge in [-0.3, -0.25) is 14.5 Å². The van der Waals surface area contributed by atoms with E-state index in [1.165, 1.54) is 6.07 Å². The summed E-state index contributed by atoms with van der Waals surface area (Å²) in [5.74, 6) is -1.24. The fourth-order valence-corrected chi connectivity index (χ4v) is 3.17. The van der Waals surface area contributed by atoms with Gasteiger partial charge in [0.25, 0.3) is 5.91 Å². The Balaban J connectivity index is 1.59. The number of rotatable bonds is 4. The summed E-state index contributed by atoms with van der Waals surface area (Å²) in [4.78, 5) is 37.3. The first kappa shape index (κ1) is 15.5. The number of amides is 4. The maximum Gasteiger partial charge on any atom is 0.325 e. The fourth-order valence-electron chi connectivity index (χ4n) is 3.17. The van der Waals surface area contributed by atoms with Gasteiger partial charge in [0, 0.05) is 12.1 Å². The minimum absolute atomic E-state index is 0.0142. The van der Waals surface area contributed by atoms with Gasteiger partial charge in [-0.15, -0.1) is 0 Å². The summed E-state index contributed by atoms with van der Waals surface area (Å²) in [6.07, 6.45) is 3.01. The van der Waals surface area contributed by atoms with Gasteiger partial charge >= 0.3 is 6.03 Å². The first-order valence-corrected chi connectivity index (χ1v) is 7.66. The van der Waals surface area contributed by atoms with Crippen molar-refractivity contribution >= 4 is 17.8 Å². The van der Waals surface area contributed by atoms with Crippen LogP contribution in [0.1, 0.15) is 31.2 Å². The molecule has 0 unspecified atom stereocenters. The quantitative estimate of drug-likeness (QED) is 0.821. The summed E-state index contributed by atoms with van der Waals surface area (Å²) in [6, 6.07) is 5.58. The molecular formula is C16H18FN3O3. The van der Waals surface area contributed by atoms with Gasteiger partial charge < -0.3 is 10.6 Å². The maximum absolute atomic E-state index is 13.5. The van der Waals surface area contributed by atoms with Crippen LogP contribution in [-0.4, -0.2) is 34.8 Å². The van der Waals surface area contributed by atoms with Crippen molar-refractivity contribution in [3.8, 4) is 0 Å². The molecule has 122 valence electrons. The number of nitrogens with zero attached hydrogens (tertiary/aromatic N) is 1. The Labute approximate surface area is 133 Å². The Bertz CT molecular complexity index is 656. The summed E-state index contributed by atoms with van der Waals surface area (Å²) in [6.45, 7) is -0.332. The van der Waals surface area contributed by atoms with E-state index in [1.54, 1.807) is 18.2 Å². The summed E-state index contributed by atoms with van der Waals surface area (Å²) < 4.78 is 13.5. The minimum Gasteiger partial charge on any atom is -0.350 e. The third-order valence-electron chi connectivity index (χ3n) is 4.44. The van der Waals surface area contributed by atoms with Crippen LogP contribution in [0.3, 0.4) is 0 Å². The molecular weight excluding hydrogens is 301 g/mol. The van der Waals surface area contributed by atoms with E-state index in [9.17, 15) is 18.8 Å². The average molecular weight is 319 g/mol. The maximum atomic E-state index is 13.5. The van der Waals surface area contributed by atoms with E-state index in [-0.39, 0.29) is 19.0 Å². The van der Waals surface area contributed by atoms with Gasteiger partial charge in [-0.25, -0.2) is 9.18 Å². The molecule has 2 aliphatic rings. The van der Waals surface area contributed by atoms with Gasteiger partial charge in [-0.2, -0.15) is 0 Å². The van der Waals surface area contributed by atoms with Gasteiger partial charge in [0.2, 0.25) is 5.91 Å². The molecule has 2 N–H and O–H groups in total. The van der Waals surface area contributed by atoms with Crippen molar-refractivity contribution in [3.63, 3.8) is 0 Å². The van der Waals surface area contributed by atoms with E-state index in [0.717, 1.165) is 17.7 Å². The van der Waals surface area contributed by atoms with Gasteiger partial charge in [0.05, 0.1) is 0 Å². The molecule has 0 atom stereocenters. The molecule has 6 nitrogen and oxygen atoms in total. The molecule has 0 bridgehead atoms. The monoisotopic (exact) mass is 319 g/mol. The van der Waals surface area contributed by atoms with Crippen molar-refractivity contribution < 1.29 is 18.8 Å². The molecule has 1 aliphatic carbocycles. The Kier molecular flexibility index (Phi) is 4.02. The number of benzene rings is 1. The zero-order valence-electron chi connectivity index (χ0n) is 12.6. The van der Waals surface area contributed by atoms with E-state index in [4.69, 9.17) is 0 Å². The lowest BCUT2D eigenvalue weighted by Crippen LogP contribution is -2.45. The molecule has 1 aliphatic heterocycles. The van der Waals surface area contributed by atoms with Crippen molar-refractivity contribution in [3.05, 3.63) is 35.6 Å². The number of hydrogen-bond donors (Lipinski definition) is 2. The van der Waals surface area contributed by atoms with Crippen LogP contribution in [-0.2, 0) is 16.1 Å². The lowest BCUT2D eigenvalue weighted by molar-refractivity contribution is -0.134. The minimum atomic E-state index is -0.817. The van der Waals surface area contributed by atoms with Crippen molar-refractivity contribution in [2.24, 2.45) is 0 Å². The molecule has 0 aromatic heterocycles. The number of nitrogens with one attached hydrogen (secondary N) is 2. The second-order valence-electron chi connectivity index (χ2n) is 5.98. The molecule has 23 heavy (non-hydrogen) atoms. The van der Waals surface area contributed by atoms with Crippen LogP contribution in [0, 0.1) is 5.82 Å². The van der Waals surface area contributed by atoms with Crippen LogP contribution < -0.4 is 10.6 Å². The molecule has 0 radical (unpaired) electrons. The Morgan fingerprint density at radius 3 is 2.65 bits per heavy atom. The first-order valence-electron chi connectivity index (χ1n) is 7.66. The van der Waals surface area contributed by atoms with Crippen LogP contribution in [0.25, 0.3) is 0 Å². The van der Waals surface area contributed by atoms with Crippen molar-refractivity contribution in [1.82, 2.24) is 15.5 Å². The van der Waals surface area contributed by atoms with E-state index >= 15 is 0 Å². The van der Waals surface area contributed by atoms with Crippen LogP contribution in [0.15, 0.2) is 24.3 Å². The zero-order valence-corrected chi connectivity index (χ0v) is 12.6. The molecule has 4 amide bonds. The number of carbonyl (C=O) groups excluding carboxylic acids is 3. The molecule has 1 spiro atoms. The summed E-state index contributed by atoms with van der Waals surface area (Å²) >= 11 is 0. The summed E-state index contributed by atoms with van der Waals surface area (Å²) in [5, 5.41) is 5.25. The largest absolute Gasteiger partial charge is 0.350 e. The zero-order chi connectivity index (χ0) is 16.4. The third kappa shape index (κ3) is 2.91. The van der Waals surface area contributed by atoms with E-state index in [0.29, 0.717) is 18.4 Å². The number of halogens is 1. The van der Waals surface area contributed by atoms with E-state index in [2.05, 4.69) is 10.6 Å². The Morgan fingerprint density at radius 1 is 1.26 bits per heavy atom. The second kappa shape index (κ2) is 5.98.